The van der Waals surface area contributed by atoms with Crippen LogP contribution in [0.4, 0.5) is 0 Å². The first-order valence-electron chi connectivity index (χ1n) is 7.24. The van der Waals surface area contributed by atoms with Gasteiger partial charge in [0.25, 0.3) is 0 Å². The summed E-state index contributed by atoms with van der Waals surface area (Å²) in [7, 11) is 0. The summed E-state index contributed by atoms with van der Waals surface area (Å²) in [5.41, 5.74) is 1.05. The van der Waals surface area contributed by atoms with Gasteiger partial charge >= 0.3 is 0 Å². The zero-order valence-corrected chi connectivity index (χ0v) is 12.4. The van der Waals surface area contributed by atoms with Gasteiger partial charge in [-0.1, -0.05) is 12.1 Å². The van der Waals surface area contributed by atoms with Gasteiger partial charge in [-0.15, -0.1) is 0 Å². The molecule has 0 bridgehead atoms. The third kappa shape index (κ3) is 3.57. The summed E-state index contributed by atoms with van der Waals surface area (Å²) in [5.74, 6) is 0.674. The first-order chi connectivity index (χ1) is 10.5. The van der Waals surface area contributed by atoms with Gasteiger partial charge in [-0.2, -0.15) is 0 Å². The van der Waals surface area contributed by atoms with Crippen molar-refractivity contribution in [2.45, 2.75) is 37.5 Å². The van der Waals surface area contributed by atoms with Crippen LogP contribution in [0.3, 0.4) is 0 Å². The summed E-state index contributed by atoms with van der Waals surface area (Å²) in [6, 6.07) is 6.60. The Balaban J connectivity index is 1.97. The largest absolute Gasteiger partial charge is 0.492 e. The molecule has 0 amide bonds. The fourth-order valence-corrected chi connectivity index (χ4v) is 2.68. The summed E-state index contributed by atoms with van der Waals surface area (Å²) in [6.07, 6.45) is -5.73. The van der Waals surface area contributed by atoms with Crippen molar-refractivity contribution < 1.29 is 30.3 Å². The lowest BCUT2D eigenvalue weighted by molar-refractivity contribution is -0.223. The van der Waals surface area contributed by atoms with Crippen LogP contribution in [0.25, 0.3) is 0 Å². The maximum Gasteiger partial charge on any atom is 0.136 e. The highest BCUT2D eigenvalue weighted by Crippen LogP contribution is 2.23. The van der Waals surface area contributed by atoms with Crippen LogP contribution >= 0.6 is 0 Å². The second-order valence-electron chi connectivity index (χ2n) is 5.54. The molecule has 0 saturated carbocycles. The molecule has 7 heteroatoms. The number of likely N-dealkylation sites (tertiary alicyclic amines) is 1. The first-order valence-corrected chi connectivity index (χ1v) is 7.24. The second-order valence-corrected chi connectivity index (χ2v) is 5.54. The molecule has 1 aliphatic rings. The second kappa shape index (κ2) is 7.36. The van der Waals surface area contributed by atoms with Gasteiger partial charge in [-0.05, 0) is 24.6 Å². The molecular formula is C15H23NO6. The molecule has 0 radical (unpaired) electrons. The number of ether oxygens (including phenoxy) is 1. The Morgan fingerprint density at radius 1 is 1.09 bits per heavy atom. The molecule has 2 rings (SSSR count). The van der Waals surface area contributed by atoms with Crippen molar-refractivity contribution in [1.82, 2.24) is 4.90 Å². The van der Waals surface area contributed by atoms with Crippen LogP contribution in [0, 0.1) is 6.92 Å². The molecule has 0 spiro atoms. The summed E-state index contributed by atoms with van der Waals surface area (Å²) < 4.78 is 5.57. The Bertz CT molecular complexity index is 485. The van der Waals surface area contributed by atoms with Crippen LogP contribution in [-0.2, 0) is 0 Å². The van der Waals surface area contributed by atoms with E-state index in [1.165, 1.54) is 4.90 Å². The molecule has 5 N–H and O–H groups in total. The molecule has 0 aliphatic carbocycles. The summed E-state index contributed by atoms with van der Waals surface area (Å²) in [4.78, 5) is 1.33. The number of aliphatic hydroxyl groups excluding tert-OH is 5. The van der Waals surface area contributed by atoms with Crippen molar-refractivity contribution in [3.05, 3.63) is 29.8 Å². The van der Waals surface area contributed by atoms with Crippen LogP contribution in [0.15, 0.2) is 24.3 Å². The van der Waals surface area contributed by atoms with E-state index in [0.717, 1.165) is 5.56 Å². The first kappa shape index (κ1) is 17.1. The molecule has 124 valence electrons. The minimum atomic E-state index is -1.50. The number of piperidine rings is 1. The molecule has 1 saturated heterocycles. The zero-order valence-electron chi connectivity index (χ0n) is 12.4. The van der Waals surface area contributed by atoms with E-state index in [1.54, 1.807) is 6.07 Å². The predicted molar refractivity (Wildman–Crippen MR) is 78.3 cm³/mol. The van der Waals surface area contributed by atoms with Crippen LogP contribution in [-0.4, -0.2) is 80.8 Å². The minimum absolute atomic E-state index is 0.182. The molecule has 1 unspecified atom stereocenters. The summed E-state index contributed by atoms with van der Waals surface area (Å²) in [5, 5.41) is 48.6. The highest BCUT2D eigenvalue weighted by atomic mass is 16.5. The molecule has 1 aromatic carbocycles. The summed E-state index contributed by atoms with van der Waals surface area (Å²) >= 11 is 0. The maximum atomic E-state index is 10.0. The fourth-order valence-electron chi connectivity index (χ4n) is 2.68. The minimum Gasteiger partial charge on any atom is -0.492 e. The number of hydrogen-bond acceptors (Lipinski definition) is 7. The standard InChI is InChI=1S/C15H23NO6/c1-9-3-2-4-10(7-9)22-6-5-16-11(8-17)12(18)13(19)14(20)15(16)21/h2-4,7,11-15,17-21H,5-6,8H2,1H3/t11-,12-,13+,14-,15?/m1/s1. The van der Waals surface area contributed by atoms with Crippen molar-refractivity contribution in [2.75, 3.05) is 19.8 Å². The maximum absolute atomic E-state index is 10.0. The highest BCUT2D eigenvalue weighted by Gasteiger charge is 2.46. The van der Waals surface area contributed by atoms with Crippen LogP contribution in [0.2, 0.25) is 0 Å². The van der Waals surface area contributed by atoms with Gasteiger partial charge in [0.2, 0.25) is 0 Å². The van der Waals surface area contributed by atoms with E-state index in [1.807, 2.05) is 25.1 Å². The van der Waals surface area contributed by atoms with Crippen molar-refractivity contribution in [3.63, 3.8) is 0 Å². The lowest BCUT2D eigenvalue weighted by atomic mass is 9.93. The monoisotopic (exact) mass is 313 g/mol. The number of nitrogens with zero attached hydrogens (tertiary/aromatic N) is 1. The topological polar surface area (TPSA) is 114 Å². The van der Waals surface area contributed by atoms with Gasteiger partial charge in [0.1, 0.15) is 36.9 Å². The molecule has 0 aromatic heterocycles. The Hall–Kier alpha value is -1.22. The average molecular weight is 313 g/mol. The number of rotatable bonds is 5. The lowest BCUT2D eigenvalue weighted by Crippen LogP contribution is -2.67. The fraction of sp³-hybridized carbons (Fsp3) is 0.600. The SMILES string of the molecule is Cc1cccc(OCCN2C(O)[C@H](O)[C@@H](O)[C@H](O)[C@H]2CO)c1. The average Bonchev–Trinajstić information content (AvgIpc) is 2.50. The van der Waals surface area contributed by atoms with Crippen LogP contribution < -0.4 is 4.74 Å². The van der Waals surface area contributed by atoms with Gasteiger partial charge in [0.15, 0.2) is 0 Å². The Labute approximate surface area is 129 Å². The zero-order chi connectivity index (χ0) is 16.3. The predicted octanol–water partition coefficient (Wildman–Crippen LogP) is -1.55. The van der Waals surface area contributed by atoms with Crippen LogP contribution in [0.5, 0.6) is 5.75 Å². The van der Waals surface area contributed by atoms with E-state index in [9.17, 15) is 25.5 Å². The Morgan fingerprint density at radius 3 is 2.45 bits per heavy atom. The van der Waals surface area contributed by atoms with Crippen molar-refractivity contribution in [1.29, 1.82) is 0 Å². The van der Waals surface area contributed by atoms with E-state index in [4.69, 9.17) is 4.74 Å². The number of aliphatic hydroxyl groups is 5. The van der Waals surface area contributed by atoms with E-state index in [2.05, 4.69) is 0 Å². The van der Waals surface area contributed by atoms with Gasteiger partial charge in [0, 0.05) is 6.54 Å². The molecule has 1 fully saturated rings. The lowest BCUT2D eigenvalue weighted by Gasteiger charge is -2.46. The van der Waals surface area contributed by atoms with Gasteiger partial charge in [0.05, 0.1) is 12.6 Å². The highest BCUT2D eigenvalue weighted by molar-refractivity contribution is 5.27. The normalized spacial score (nSPS) is 32.9. The number of hydrogen-bond donors (Lipinski definition) is 5. The van der Waals surface area contributed by atoms with E-state index in [0.29, 0.717) is 5.75 Å². The quantitative estimate of drug-likeness (QED) is 0.447. The number of aryl methyl sites for hydroxylation is 1. The van der Waals surface area contributed by atoms with E-state index < -0.39 is 37.2 Å². The van der Waals surface area contributed by atoms with Gasteiger partial charge in [-0.25, -0.2) is 0 Å². The third-order valence-corrected chi connectivity index (χ3v) is 3.96. The molecule has 22 heavy (non-hydrogen) atoms. The molecule has 7 nitrogen and oxygen atoms in total. The van der Waals surface area contributed by atoms with Gasteiger partial charge < -0.3 is 30.3 Å². The molecule has 1 heterocycles. The van der Waals surface area contributed by atoms with Crippen molar-refractivity contribution >= 4 is 0 Å². The Kier molecular flexibility index (Phi) is 5.74. The third-order valence-electron chi connectivity index (χ3n) is 3.96. The van der Waals surface area contributed by atoms with E-state index >= 15 is 0 Å². The molecular weight excluding hydrogens is 290 g/mol. The van der Waals surface area contributed by atoms with Crippen LogP contribution in [0.1, 0.15) is 5.56 Å². The smallest absolute Gasteiger partial charge is 0.136 e. The molecule has 1 aliphatic heterocycles. The van der Waals surface area contributed by atoms with Crippen molar-refractivity contribution in [3.8, 4) is 5.75 Å². The molecule has 1 aromatic rings. The Morgan fingerprint density at radius 2 is 1.82 bits per heavy atom. The van der Waals surface area contributed by atoms with Gasteiger partial charge in [-0.3, -0.25) is 4.90 Å². The summed E-state index contributed by atoms with van der Waals surface area (Å²) in [6.45, 7) is 1.87. The number of benzene rings is 1. The van der Waals surface area contributed by atoms with Crippen molar-refractivity contribution in [2.24, 2.45) is 0 Å². The van der Waals surface area contributed by atoms with E-state index in [-0.39, 0.29) is 13.2 Å². The molecule has 5 atom stereocenters.